The summed E-state index contributed by atoms with van der Waals surface area (Å²) in [6, 6.07) is 7.23. The SMILES string of the molecule is COC(=O)c1ccc(CSc2n[nH]c(=O)n2C(C)C)cc1. The van der Waals surface area contributed by atoms with Crippen molar-refractivity contribution in [3.8, 4) is 0 Å². The molecular formula is C14H17N3O3S. The first-order valence-electron chi connectivity index (χ1n) is 6.50. The largest absolute Gasteiger partial charge is 0.465 e. The van der Waals surface area contributed by atoms with Crippen molar-refractivity contribution in [2.24, 2.45) is 0 Å². The van der Waals surface area contributed by atoms with Crippen LogP contribution in [0, 0.1) is 0 Å². The van der Waals surface area contributed by atoms with E-state index in [0.717, 1.165) is 5.56 Å². The maximum absolute atomic E-state index is 11.6. The van der Waals surface area contributed by atoms with E-state index in [1.54, 1.807) is 16.7 Å². The Labute approximate surface area is 126 Å². The molecule has 0 amide bonds. The Hall–Kier alpha value is -2.02. The fourth-order valence-corrected chi connectivity index (χ4v) is 2.88. The smallest absolute Gasteiger partial charge is 0.344 e. The molecule has 0 radical (unpaired) electrons. The van der Waals surface area contributed by atoms with Crippen LogP contribution in [0.5, 0.6) is 0 Å². The van der Waals surface area contributed by atoms with E-state index in [0.29, 0.717) is 16.5 Å². The maximum Gasteiger partial charge on any atom is 0.344 e. The lowest BCUT2D eigenvalue weighted by Crippen LogP contribution is -2.19. The number of methoxy groups -OCH3 is 1. The first kappa shape index (κ1) is 15.4. The lowest BCUT2D eigenvalue weighted by atomic mass is 10.1. The van der Waals surface area contributed by atoms with E-state index < -0.39 is 0 Å². The summed E-state index contributed by atoms with van der Waals surface area (Å²) in [5, 5.41) is 7.15. The van der Waals surface area contributed by atoms with E-state index in [4.69, 9.17) is 0 Å². The molecule has 0 aliphatic carbocycles. The lowest BCUT2D eigenvalue weighted by Gasteiger charge is -2.08. The Balaban J connectivity index is 2.07. The van der Waals surface area contributed by atoms with Gasteiger partial charge in [0.15, 0.2) is 5.16 Å². The second kappa shape index (κ2) is 6.62. The predicted octanol–water partition coefficient (Wildman–Crippen LogP) is 2.23. The van der Waals surface area contributed by atoms with Crippen molar-refractivity contribution < 1.29 is 9.53 Å². The van der Waals surface area contributed by atoms with Gasteiger partial charge in [-0.1, -0.05) is 23.9 Å². The minimum absolute atomic E-state index is 0.0560. The molecule has 0 spiro atoms. The molecule has 0 fully saturated rings. The molecule has 0 unspecified atom stereocenters. The van der Waals surface area contributed by atoms with Crippen LogP contribution in [0.4, 0.5) is 0 Å². The van der Waals surface area contributed by atoms with Gasteiger partial charge in [-0.05, 0) is 31.5 Å². The maximum atomic E-state index is 11.6. The molecule has 1 N–H and O–H groups in total. The number of nitrogens with zero attached hydrogens (tertiary/aromatic N) is 2. The van der Waals surface area contributed by atoms with E-state index in [1.807, 2.05) is 26.0 Å². The van der Waals surface area contributed by atoms with Gasteiger partial charge in [-0.2, -0.15) is 0 Å². The van der Waals surface area contributed by atoms with Gasteiger partial charge in [0.05, 0.1) is 12.7 Å². The molecule has 0 bridgehead atoms. The third-order valence-electron chi connectivity index (χ3n) is 2.93. The number of esters is 1. The van der Waals surface area contributed by atoms with Crippen LogP contribution >= 0.6 is 11.8 Å². The molecule has 0 aliphatic rings. The van der Waals surface area contributed by atoms with Crippen LogP contribution in [0.25, 0.3) is 0 Å². The number of carbonyl (C=O) groups is 1. The van der Waals surface area contributed by atoms with Gasteiger partial charge in [-0.25, -0.2) is 14.7 Å². The van der Waals surface area contributed by atoms with Crippen LogP contribution in [0.15, 0.2) is 34.2 Å². The summed E-state index contributed by atoms with van der Waals surface area (Å²) in [5.41, 5.74) is 1.36. The molecule has 2 aromatic rings. The van der Waals surface area contributed by atoms with E-state index in [9.17, 15) is 9.59 Å². The molecule has 6 nitrogen and oxygen atoms in total. The van der Waals surface area contributed by atoms with Crippen molar-refractivity contribution in [1.29, 1.82) is 0 Å². The number of H-pyrrole nitrogens is 1. The number of aromatic amines is 1. The number of hydrogen-bond donors (Lipinski definition) is 1. The second-order valence-corrected chi connectivity index (χ2v) is 5.69. The number of benzene rings is 1. The zero-order valence-electron chi connectivity index (χ0n) is 12.1. The Morgan fingerprint density at radius 2 is 2.05 bits per heavy atom. The second-order valence-electron chi connectivity index (χ2n) is 4.75. The molecule has 7 heteroatoms. The summed E-state index contributed by atoms with van der Waals surface area (Å²) < 4.78 is 6.27. The van der Waals surface area contributed by atoms with Crippen molar-refractivity contribution in [1.82, 2.24) is 14.8 Å². The number of aromatic nitrogens is 3. The molecule has 0 saturated carbocycles. The van der Waals surface area contributed by atoms with Gasteiger partial charge in [-0.3, -0.25) is 4.57 Å². The number of carbonyl (C=O) groups excluding carboxylic acids is 1. The fourth-order valence-electron chi connectivity index (χ4n) is 1.85. The fraction of sp³-hybridized carbons (Fsp3) is 0.357. The molecule has 0 aliphatic heterocycles. The predicted molar refractivity (Wildman–Crippen MR) is 80.6 cm³/mol. The van der Waals surface area contributed by atoms with Crippen LogP contribution in [0.3, 0.4) is 0 Å². The molecule has 1 aromatic heterocycles. The Morgan fingerprint density at radius 3 is 2.62 bits per heavy atom. The van der Waals surface area contributed by atoms with Crippen LogP contribution in [-0.2, 0) is 10.5 Å². The van der Waals surface area contributed by atoms with E-state index in [-0.39, 0.29) is 17.7 Å². The minimum atomic E-state index is -0.352. The first-order valence-corrected chi connectivity index (χ1v) is 7.48. The zero-order valence-corrected chi connectivity index (χ0v) is 12.9. The third kappa shape index (κ3) is 3.55. The van der Waals surface area contributed by atoms with E-state index in [2.05, 4.69) is 14.9 Å². The average molecular weight is 307 g/mol. The van der Waals surface area contributed by atoms with Crippen LogP contribution in [-0.4, -0.2) is 27.8 Å². The van der Waals surface area contributed by atoms with Crippen LogP contribution in [0.2, 0.25) is 0 Å². The molecule has 1 aromatic carbocycles. The summed E-state index contributed by atoms with van der Waals surface area (Å²) in [6.07, 6.45) is 0. The molecule has 21 heavy (non-hydrogen) atoms. The van der Waals surface area contributed by atoms with Crippen LogP contribution in [0.1, 0.15) is 35.8 Å². The normalized spacial score (nSPS) is 10.9. The Bertz CT molecular complexity index is 674. The van der Waals surface area contributed by atoms with Gasteiger partial charge < -0.3 is 4.74 Å². The molecule has 0 atom stereocenters. The van der Waals surface area contributed by atoms with Crippen molar-refractivity contribution in [2.75, 3.05) is 7.11 Å². The topological polar surface area (TPSA) is 77.0 Å². The van der Waals surface area contributed by atoms with Crippen molar-refractivity contribution >= 4 is 17.7 Å². The molecule has 112 valence electrons. The highest BCUT2D eigenvalue weighted by Gasteiger charge is 2.12. The number of hydrogen-bond acceptors (Lipinski definition) is 5. The van der Waals surface area contributed by atoms with Gasteiger partial charge >= 0.3 is 11.7 Å². The monoisotopic (exact) mass is 307 g/mol. The van der Waals surface area contributed by atoms with Gasteiger partial charge in [-0.15, -0.1) is 5.10 Å². The van der Waals surface area contributed by atoms with Gasteiger partial charge in [0.1, 0.15) is 0 Å². The summed E-state index contributed by atoms with van der Waals surface area (Å²) in [7, 11) is 1.36. The van der Waals surface area contributed by atoms with Crippen molar-refractivity contribution in [2.45, 2.75) is 30.8 Å². The number of ether oxygens (including phenoxy) is 1. The highest BCUT2D eigenvalue weighted by molar-refractivity contribution is 7.98. The molecule has 1 heterocycles. The number of thioether (sulfide) groups is 1. The molecular weight excluding hydrogens is 290 g/mol. The summed E-state index contributed by atoms with van der Waals surface area (Å²) in [4.78, 5) is 23.0. The zero-order chi connectivity index (χ0) is 15.4. The van der Waals surface area contributed by atoms with E-state index in [1.165, 1.54) is 18.9 Å². The number of rotatable bonds is 5. The lowest BCUT2D eigenvalue weighted by molar-refractivity contribution is 0.0600. The van der Waals surface area contributed by atoms with Gasteiger partial charge in [0.25, 0.3) is 0 Å². The quantitative estimate of drug-likeness (QED) is 0.677. The van der Waals surface area contributed by atoms with Crippen LogP contribution < -0.4 is 5.69 Å². The highest BCUT2D eigenvalue weighted by atomic mass is 32.2. The third-order valence-corrected chi connectivity index (χ3v) is 3.96. The highest BCUT2D eigenvalue weighted by Crippen LogP contribution is 2.22. The first-order chi connectivity index (χ1) is 10.0. The average Bonchev–Trinajstić information content (AvgIpc) is 2.86. The minimum Gasteiger partial charge on any atom is -0.465 e. The van der Waals surface area contributed by atoms with Crippen molar-refractivity contribution in [3.05, 3.63) is 45.9 Å². The number of nitrogens with one attached hydrogen (secondary N) is 1. The summed E-state index contributed by atoms with van der Waals surface area (Å²) >= 11 is 1.47. The Morgan fingerprint density at radius 1 is 1.38 bits per heavy atom. The van der Waals surface area contributed by atoms with E-state index >= 15 is 0 Å². The van der Waals surface area contributed by atoms with Gasteiger partial charge in [0.2, 0.25) is 0 Å². The summed E-state index contributed by atoms with van der Waals surface area (Å²) in [5.74, 6) is 0.313. The summed E-state index contributed by atoms with van der Waals surface area (Å²) in [6.45, 7) is 3.87. The van der Waals surface area contributed by atoms with Crippen molar-refractivity contribution in [3.63, 3.8) is 0 Å². The van der Waals surface area contributed by atoms with Gasteiger partial charge in [0, 0.05) is 11.8 Å². The Kier molecular flexibility index (Phi) is 4.85. The molecule has 0 saturated heterocycles. The standard InChI is InChI=1S/C14H17N3O3S/c1-9(2)17-13(19)15-16-14(17)21-8-10-4-6-11(7-5-10)12(18)20-3/h4-7,9H,8H2,1-3H3,(H,15,19). The molecule has 2 rings (SSSR count).